The lowest BCUT2D eigenvalue weighted by atomic mass is 10.2. The standard InChI is InChI=1S/C13H18N2O3/c1-9(2)8-14-11-5-12(15(16)17)7-13(6-11)18-10(3)4/h5-7,10,14H,1,8H2,2-4H3. The van der Waals surface area contributed by atoms with Gasteiger partial charge in [-0.1, -0.05) is 12.2 Å². The van der Waals surface area contributed by atoms with Gasteiger partial charge in [0.25, 0.3) is 5.69 Å². The first-order valence-corrected chi connectivity index (χ1v) is 5.73. The van der Waals surface area contributed by atoms with Crippen LogP contribution in [0.15, 0.2) is 30.4 Å². The van der Waals surface area contributed by atoms with E-state index in [0.29, 0.717) is 18.0 Å². The van der Waals surface area contributed by atoms with Crippen molar-refractivity contribution in [2.45, 2.75) is 26.9 Å². The summed E-state index contributed by atoms with van der Waals surface area (Å²) in [4.78, 5) is 10.4. The summed E-state index contributed by atoms with van der Waals surface area (Å²) in [5, 5.41) is 13.9. The van der Waals surface area contributed by atoms with Crippen molar-refractivity contribution >= 4 is 11.4 Å². The molecule has 0 amide bonds. The topological polar surface area (TPSA) is 64.4 Å². The number of hydrogen-bond donors (Lipinski definition) is 1. The largest absolute Gasteiger partial charge is 0.491 e. The maximum atomic E-state index is 10.8. The van der Waals surface area contributed by atoms with Gasteiger partial charge in [0.2, 0.25) is 0 Å². The Kier molecular flexibility index (Phi) is 4.71. The third-order valence-corrected chi connectivity index (χ3v) is 2.07. The zero-order valence-corrected chi connectivity index (χ0v) is 10.9. The maximum absolute atomic E-state index is 10.8. The van der Waals surface area contributed by atoms with E-state index in [1.165, 1.54) is 12.1 Å². The van der Waals surface area contributed by atoms with Crippen LogP contribution in [-0.4, -0.2) is 17.6 Å². The summed E-state index contributed by atoms with van der Waals surface area (Å²) in [5.41, 5.74) is 1.62. The summed E-state index contributed by atoms with van der Waals surface area (Å²) in [6.45, 7) is 9.98. The first-order chi connectivity index (χ1) is 8.38. The van der Waals surface area contributed by atoms with Gasteiger partial charge in [0.1, 0.15) is 5.75 Å². The zero-order chi connectivity index (χ0) is 13.7. The summed E-state index contributed by atoms with van der Waals surface area (Å²) in [6, 6.07) is 4.65. The number of non-ortho nitro benzene ring substituents is 1. The van der Waals surface area contributed by atoms with Crippen LogP contribution in [0.25, 0.3) is 0 Å². The van der Waals surface area contributed by atoms with Crippen LogP contribution in [0, 0.1) is 10.1 Å². The van der Waals surface area contributed by atoms with E-state index in [1.807, 2.05) is 20.8 Å². The predicted molar refractivity (Wildman–Crippen MR) is 72.2 cm³/mol. The van der Waals surface area contributed by atoms with Crippen LogP contribution in [0.3, 0.4) is 0 Å². The van der Waals surface area contributed by atoms with Gasteiger partial charge in [-0.25, -0.2) is 0 Å². The van der Waals surface area contributed by atoms with Crippen molar-refractivity contribution in [3.8, 4) is 5.75 Å². The summed E-state index contributed by atoms with van der Waals surface area (Å²) in [7, 11) is 0. The Bertz CT molecular complexity index is 456. The molecule has 0 aliphatic heterocycles. The molecule has 0 atom stereocenters. The first-order valence-electron chi connectivity index (χ1n) is 5.73. The molecule has 0 bridgehead atoms. The molecule has 0 aliphatic rings. The minimum atomic E-state index is -0.431. The zero-order valence-electron chi connectivity index (χ0n) is 10.9. The molecule has 1 aromatic carbocycles. The highest BCUT2D eigenvalue weighted by Crippen LogP contribution is 2.26. The SMILES string of the molecule is C=C(C)CNc1cc(OC(C)C)cc([N+](=O)[O-])c1. The molecule has 98 valence electrons. The van der Waals surface area contributed by atoms with E-state index < -0.39 is 4.92 Å². The van der Waals surface area contributed by atoms with Crippen molar-refractivity contribution in [2.75, 3.05) is 11.9 Å². The molecule has 0 radical (unpaired) electrons. The molecule has 1 rings (SSSR count). The second-order valence-corrected chi connectivity index (χ2v) is 4.45. The smallest absolute Gasteiger partial charge is 0.275 e. The van der Waals surface area contributed by atoms with E-state index in [9.17, 15) is 10.1 Å². The average Bonchev–Trinajstić information content (AvgIpc) is 2.25. The molecule has 0 fully saturated rings. The van der Waals surface area contributed by atoms with Crippen molar-refractivity contribution in [3.63, 3.8) is 0 Å². The van der Waals surface area contributed by atoms with Gasteiger partial charge in [0.15, 0.2) is 0 Å². The van der Waals surface area contributed by atoms with Gasteiger partial charge in [-0.3, -0.25) is 10.1 Å². The van der Waals surface area contributed by atoms with Crippen LogP contribution < -0.4 is 10.1 Å². The monoisotopic (exact) mass is 250 g/mol. The number of nitrogens with zero attached hydrogens (tertiary/aromatic N) is 1. The summed E-state index contributed by atoms with van der Waals surface area (Å²) >= 11 is 0. The quantitative estimate of drug-likeness (QED) is 0.477. The van der Waals surface area contributed by atoms with E-state index in [0.717, 1.165) is 5.57 Å². The molecular weight excluding hydrogens is 232 g/mol. The fourth-order valence-electron chi connectivity index (χ4n) is 1.38. The van der Waals surface area contributed by atoms with Gasteiger partial charge in [-0.2, -0.15) is 0 Å². The van der Waals surface area contributed by atoms with Gasteiger partial charge in [0.05, 0.1) is 17.1 Å². The summed E-state index contributed by atoms with van der Waals surface area (Å²) in [5.74, 6) is 0.489. The Morgan fingerprint density at radius 1 is 1.50 bits per heavy atom. The fraction of sp³-hybridized carbons (Fsp3) is 0.385. The van der Waals surface area contributed by atoms with Gasteiger partial charge in [-0.05, 0) is 20.8 Å². The minimum Gasteiger partial charge on any atom is -0.491 e. The lowest BCUT2D eigenvalue weighted by Crippen LogP contribution is -2.07. The molecule has 18 heavy (non-hydrogen) atoms. The molecule has 5 nitrogen and oxygen atoms in total. The molecule has 0 aromatic heterocycles. The van der Waals surface area contributed by atoms with Gasteiger partial charge in [-0.15, -0.1) is 0 Å². The molecular formula is C13H18N2O3. The number of ether oxygens (including phenoxy) is 1. The highest BCUT2D eigenvalue weighted by atomic mass is 16.6. The normalized spacial score (nSPS) is 10.2. The highest BCUT2D eigenvalue weighted by Gasteiger charge is 2.11. The Morgan fingerprint density at radius 2 is 2.17 bits per heavy atom. The van der Waals surface area contributed by atoms with E-state index in [4.69, 9.17) is 4.74 Å². The second kappa shape index (κ2) is 6.05. The molecule has 5 heteroatoms. The van der Waals surface area contributed by atoms with Crippen LogP contribution in [0.5, 0.6) is 5.75 Å². The number of nitrogens with one attached hydrogen (secondary N) is 1. The molecule has 1 aromatic rings. The Labute approximate surface area is 107 Å². The van der Waals surface area contributed by atoms with Crippen LogP contribution in [0.4, 0.5) is 11.4 Å². The Morgan fingerprint density at radius 3 is 2.67 bits per heavy atom. The van der Waals surface area contributed by atoms with Gasteiger partial charge >= 0.3 is 0 Å². The Hall–Kier alpha value is -2.04. The van der Waals surface area contributed by atoms with Crippen molar-refractivity contribution in [1.29, 1.82) is 0 Å². The summed E-state index contributed by atoms with van der Waals surface area (Å²) < 4.78 is 5.49. The molecule has 0 spiro atoms. The number of nitro benzene ring substituents is 1. The third kappa shape index (κ3) is 4.45. The predicted octanol–water partition coefficient (Wildman–Crippen LogP) is 3.37. The lowest BCUT2D eigenvalue weighted by Gasteiger charge is -2.12. The number of anilines is 1. The molecule has 0 unspecified atom stereocenters. The Balaban J connectivity index is 2.97. The molecule has 0 saturated heterocycles. The van der Waals surface area contributed by atoms with Crippen molar-refractivity contribution < 1.29 is 9.66 Å². The third-order valence-electron chi connectivity index (χ3n) is 2.07. The molecule has 0 heterocycles. The van der Waals surface area contributed by atoms with Crippen molar-refractivity contribution in [3.05, 3.63) is 40.5 Å². The number of nitro groups is 1. The minimum absolute atomic E-state index is 0.0114. The van der Waals surface area contributed by atoms with Crippen LogP contribution in [0.2, 0.25) is 0 Å². The molecule has 0 saturated carbocycles. The first kappa shape index (κ1) is 14.0. The van der Waals surface area contributed by atoms with E-state index in [2.05, 4.69) is 11.9 Å². The lowest BCUT2D eigenvalue weighted by molar-refractivity contribution is -0.384. The average molecular weight is 250 g/mol. The second-order valence-electron chi connectivity index (χ2n) is 4.45. The fourth-order valence-corrected chi connectivity index (χ4v) is 1.38. The van der Waals surface area contributed by atoms with Gasteiger partial charge in [0, 0.05) is 24.4 Å². The van der Waals surface area contributed by atoms with E-state index >= 15 is 0 Å². The maximum Gasteiger partial charge on any atom is 0.275 e. The van der Waals surface area contributed by atoms with Crippen molar-refractivity contribution in [1.82, 2.24) is 0 Å². The molecule has 0 aliphatic carbocycles. The van der Waals surface area contributed by atoms with Crippen molar-refractivity contribution in [2.24, 2.45) is 0 Å². The van der Waals surface area contributed by atoms with Crippen LogP contribution >= 0.6 is 0 Å². The highest BCUT2D eigenvalue weighted by molar-refractivity contribution is 5.56. The molecule has 1 N–H and O–H groups in total. The van der Waals surface area contributed by atoms with Crippen LogP contribution in [-0.2, 0) is 0 Å². The van der Waals surface area contributed by atoms with E-state index in [-0.39, 0.29) is 11.8 Å². The van der Waals surface area contributed by atoms with Crippen LogP contribution in [0.1, 0.15) is 20.8 Å². The number of rotatable bonds is 6. The van der Waals surface area contributed by atoms with Gasteiger partial charge < -0.3 is 10.1 Å². The number of hydrogen-bond acceptors (Lipinski definition) is 4. The number of benzene rings is 1. The van der Waals surface area contributed by atoms with E-state index in [1.54, 1.807) is 6.07 Å². The summed E-state index contributed by atoms with van der Waals surface area (Å²) in [6.07, 6.45) is -0.0269.